The quantitative estimate of drug-likeness (QED) is 0.282. The first-order chi connectivity index (χ1) is 17.4. The van der Waals surface area contributed by atoms with Crippen LogP contribution in [0.25, 0.3) is 6.08 Å². The molecule has 7 nitrogen and oxygen atoms in total. The maximum absolute atomic E-state index is 12.2. The zero-order chi connectivity index (χ0) is 25.8. The third kappa shape index (κ3) is 9.54. The first kappa shape index (κ1) is 27.5. The molecule has 2 aromatic rings. The molecule has 3 N–H and O–H groups in total. The van der Waals surface area contributed by atoms with Crippen LogP contribution >= 0.6 is 23.2 Å². The van der Waals surface area contributed by atoms with Crippen molar-refractivity contribution in [1.82, 2.24) is 15.5 Å². The van der Waals surface area contributed by atoms with Crippen molar-refractivity contribution < 1.29 is 9.59 Å². The highest BCUT2D eigenvalue weighted by Gasteiger charge is 2.20. The van der Waals surface area contributed by atoms with Crippen molar-refractivity contribution in [3.63, 3.8) is 0 Å². The lowest BCUT2D eigenvalue weighted by Gasteiger charge is -2.32. The molecular weight excluding hydrogens is 497 g/mol. The third-order valence-electron chi connectivity index (χ3n) is 6.02. The van der Waals surface area contributed by atoms with E-state index in [4.69, 9.17) is 28.5 Å². The van der Waals surface area contributed by atoms with Gasteiger partial charge >= 0.3 is 6.03 Å². The zero-order valence-electron chi connectivity index (χ0n) is 20.1. The largest absolute Gasteiger partial charge is 0.353 e. The van der Waals surface area contributed by atoms with Crippen molar-refractivity contribution in [2.24, 2.45) is 0 Å². The van der Waals surface area contributed by atoms with Crippen molar-refractivity contribution in [2.45, 2.75) is 38.1 Å². The SMILES string of the molecule is N#Cc1ccc(NC(=O)NC2CCN(CCCCCNC(=O)/C=C/c3ccc(Cl)c(Cl)c3)CC2)cc1. The highest BCUT2D eigenvalue weighted by Crippen LogP contribution is 2.23. The molecule has 0 radical (unpaired) electrons. The summed E-state index contributed by atoms with van der Waals surface area (Å²) in [5.74, 6) is -0.126. The van der Waals surface area contributed by atoms with Crippen molar-refractivity contribution >= 4 is 46.9 Å². The summed E-state index contributed by atoms with van der Waals surface area (Å²) in [6.45, 7) is 3.58. The summed E-state index contributed by atoms with van der Waals surface area (Å²) in [6, 6.07) is 14.0. The predicted molar refractivity (Wildman–Crippen MR) is 145 cm³/mol. The zero-order valence-corrected chi connectivity index (χ0v) is 21.6. The fraction of sp³-hybridized carbons (Fsp3) is 0.370. The van der Waals surface area contributed by atoms with Gasteiger partial charge in [-0.2, -0.15) is 5.26 Å². The number of piperidine rings is 1. The number of unbranched alkanes of at least 4 members (excludes halogenated alkanes) is 2. The van der Waals surface area contributed by atoms with Crippen LogP contribution in [-0.2, 0) is 4.79 Å². The van der Waals surface area contributed by atoms with E-state index in [1.54, 1.807) is 42.5 Å². The van der Waals surface area contributed by atoms with Crippen molar-refractivity contribution in [1.29, 1.82) is 5.26 Å². The van der Waals surface area contributed by atoms with Crippen LogP contribution < -0.4 is 16.0 Å². The molecule has 0 atom stereocenters. The summed E-state index contributed by atoms with van der Waals surface area (Å²) in [4.78, 5) is 26.6. The van der Waals surface area contributed by atoms with Crippen LogP contribution in [-0.4, -0.2) is 49.1 Å². The number of carbonyl (C=O) groups excluding carboxylic acids is 2. The summed E-state index contributed by atoms with van der Waals surface area (Å²) < 4.78 is 0. The number of nitriles is 1. The second-order valence-corrected chi connectivity index (χ2v) is 9.58. The molecule has 1 heterocycles. The lowest BCUT2D eigenvalue weighted by atomic mass is 10.0. The number of amides is 3. The second kappa shape index (κ2) is 14.5. The lowest BCUT2D eigenvalue weighted by Crippen LogP contribution is -2.46. The van der Waals surface area contributed by atoms with Gasteiger partial charge in [-0.3, -0.25) is 4.79 Å². The molecule has 36 heavy (non-hydrogen) atoms. The van der Waals surface area contributed by atoms with Crippen LogP contribution in [0.2, 0.25) is 10.0 Å². The van der Waals surface area contributed by atoms with Crippen LogP contribution in [0.1, 0.15) is 43.2 Å². The summed E-state index contributed by atoms with van der Waals surface area (Å²) >= 11 is 11.9. The van der Waals surface area contributed by atoms with Gasteiger partial charge in [0.05, 0.1) is 21.7 Å². The van der Waals surface area contributed by atoms with E-state index in [1.807, 2.05) is 6.07 Å². The van der Waals surface area contributed by atoms with E-state index in [2.05, 4.69) is 26.9 Å². The Morgan fingerprint density at radius 3 is 2.47 bits per heavy atom. The van der Waals surface area contributed by atoms with Crippen molar-refractivity contribution in [3.8, 4) is 6.07 Å². The predicted octanol–water partition coefficient (Wildman–Crippen LogP) is 5.45. The first-order valence-corrected chi connectivity index (χ1v) is 12.9. The Kier molecular flexibility index (Phi) is 11.1. The number of nitrogens with one attached hydrogen (secondary N) is 3. The van der Waals surface area contributed by atoms with E-state index in [-0.39, 0.29) is 18.0 Å². The monoisotopic (exact) mass is 527 g/mol. The first-order valence-electron chi connectivity index (χ1n) is 12.1. The number of hydrogen-bond donors (Lipinski definition) is 3. The fourth-order valence-electron chi connectivity index (χ4n) is 3.98. The van der Waals surface area contributed by atoms with Gasteiger partial charge in [0.15, 0.2) is 0 Å². The maximum atomic E-state index is 12.2. The highest BCUT2D eigenvalue weighted by atomic mass is 35.5. The number of halogens is 2. The van der Waals surface area contributed by atoms with E-state index in [0.29, 0.717) is 27.8 Å². The lowest BCUT2D eigenvalue weighted by molar-refractivity contribution is -0.116. The van der Waals surface area contributed by atoms with Crippen LogP contribution in [0.15, 0.2) is 48.5 Å². The molecule has 0 unspecified atom stereocenters. The number of nitrogens with zero attached hydrogens (tertiary/aromatic N) is 2. The minimum absolute atomic E-state index is 0.126. The molecule has 190 valence electrons. The standard InChI is InChI=1S/C27H31Cl2N5O2/c28-24-10-6-20(18-25(24)29)7-11-26(35)31-14-2-1-3-15-34-16-12-23(13-17-34)33-27(36)32-22-8-4-21(19-30)5-9-22/h4-11,18,23H,1-3,12-17H2,(H,31,35)(H2,32,33,36)/b11-7+. The Labute approximate surface area is 222 Å². The minimum Gasteiger partial charge on any atom is -0.353 e. The van der Waals surface area contributed by atoms with Crippen LogP contribution in [0.3, 0.4) is 0 Å². The Morgan fingerprint density at radius 2 is 1.78 bits per heavy atom. The summed E-state index contributed by atoms with van der Waals surface area (Å²) in [6.07, 6.45) is 8.10. The average Bonchev–Trinajstić information content (AvgIpc) is 2.88. The number of benzene rings is 2. The number of rotatable bonds is 10. The van der Waals surface area contributed by atoms with Gasteiger partial charge in [-0.25, -0.2) is 4.79 Å². The van der Waals surface area contributed by atoms with Crippen molar-refractivity contribution in [2.75, 3.05) is 31.5 Å². The summed E-state index contributed by atoms with van der Waals surface area (Å²) in [5, 5.41) is 18.6. The van der Waals surface area contributed by atoms with E-state index in [1.165, 1.54) is 6.08 Å². The molecule has 0 aromatic heterocycles. The number of anilines is 1. The fourth-order valence-corrected chi connectivity index (χ4v) is 4.28. The van der Waals surface area contributed by atoms with Gasteiger partial charge in [0, 0.05) is 37.4 Å². The van der Waals surface area contributed by atoms with Gasteiger partial charge in [-0.15, -0.1) is 0 Å². The smallest absolute Gasteiger partial charge is 0.319 e. The van der Waals surface area contributed by atoms with Gasteiger partial charge < -0.3 is 20.9 Å². The van der Waals surface area contributed by atoms with Gasteiger partial charge in [0.2, 0.25) is 5.91 Å². The maximum Gasteiger partial charge on any atom is 0.319 e. The third-order valence-corrected chi connectivity index (χ3v) is 6.75. The molecule has 0 bridgehead atoms. The Hall–Kier alpha value is -3.05. The average molecular weight is 528 g/mol. The Balaban J connectivity index is 1.22. The molecule has 1 saturated heterocycles. The van der Waals surface area contributed by atoms with E-state index < -0.39 is 0 Å². The van der Waals surface area contributed by atoms with Crippen LogP contribution in [0.5, 0.6) is 0 Å². The van der Waals surface area contributed by atoms with Crippen LogP contribution in [0, 0.1) is 11.3 Å². The minimum atomic E-state index is -0.216. The summed E-state index contributed by atoms with van der Waals surface area (Å²) in [7, 11) is 0. The molecular formula is C27H31Cl2N5O2. The van der Waals surface area contributed by atoms with E-state index in [0.717, 1.165) is 57.3 Å². The molecule has 0 spiro atoms. The highest BCUT2D eigenvalue weighted by molar-refractivity contribution is 6.42. The van der Waals surface area contributed by atoms with Gasteiger partial charge in [-0.05, 0) is 80.3 Å². The van der Waals surface area contributed by atoms with Gasteiger partial charge in [-0.1, -0.05) is 35.7 Å². The molecule has 9 heteroatoms. The molecule has 1 aliphatic heterocycles. The molecule has 1 aliphatic rings. The molecule has 3 amide bonds. The number of carbonyl (C=O) groups is 2. The molecule has 2 aromatic carbocycles. The molecule has 0 saturated carbocycles. The molecule has 0 aliphatic carbocycles. The Morgan fingerprint density at radius 1 is 1.03 bits per heavy atom. The number of likely N-dealkylation sites (tertiary alicyclic amines) is 1. The van der Waals surface area contributed by atoms with E-state index in [9.17, 15) is 9.59 Å². The summed E-state index contributed by atoms with van der Waals surface area (Å²) in [5.41, 5.74) is 2.06. The molecule has 1 fully saturated rings. The van der Waals surface area contributed by atoms with Crippen LogP contribution in [0.4, 0.5) is 10.5 Å². The van der Waals surface area contributed by atoms with Gasteiger partial charge in [0.25, 0.3) is 0 Å². The Bertz CT molecular complexity index is 1090. The molecule has 3 rings (SSSR count). The number of urea groups is 1. The number of hydrogen-bond acceptors (Lipinski definition) is 4. The van der Waals surface area contributed by atoms with E-state index >= 15 is 0 Å². The van der Waals surface area contributed by atoms with Gasteiger partial charge in [0.1, 0.15) is 0 Å². The normalized spacial score (nSPS) is 14.4. The second-order valence-electron chi connectivity index (χ2n) is 8.76. The van der Waals surface area contributed by atoms with Crippen molar-refractivity contribution in [3.05, 3.63) is 69.7 Å². The topological polar surface area (TPSA) is 97.3 Å².